The van der Waals surface area contributed by atoms with Crippen molar-refractivity contribution < 1.29 is 27.9 Å². The molecule has 45 heavy (non-hydrogen) atoms. The average molecular weight is 661 g/mol. The zero-order valence-electron chi connectivity index (χ0n) is 25.8. The maximum Gasteiger partial charge on any atom is 0.407 e. The van der Waals surface area contributed by atoms with Crippen LogP contribution in [0.25, 0.3) is 0 Å². The summed E-state index contributed by atoms with van der Waals surface area (Å²) in [7, 11) is -2.15. The molecular formula is C33H45ClN4O6S. The van der Waals surface area contributed by atoms with E-state index in [4.69, 9.17) is 16.3 Å². The van der Waals surface area contributed by atoms with Crippen molar-refractivity contribution in [2.45, 2.75) is 73.9 Å². The molecule has 2 heterocycles. The van der Waals surface area contributed by atoms with Crippen molar-refractivity contribution in [2.75, 3.05) is 39.9 Å². The summed E-state index contributed by atoms with van der Waals surface area (Å²) in [6.45, 7) is 2.73. The Hall–Kier alpha value is -2.70. The molecule has 0 spiro atoms. The lowest BCUT2D eigenvalue weighted by molar-refractivity contribution is -0.128. The van der Waals surface area contributed by atoms with E-state index in [1.54, 1.807) is 40.7 Å². The highest BCUT2D eigenvalue weighted by atomic mass is 35.5. The normalized spacial score (nSPS) is 24.5. The second-order valence-electron chi connectivity index (χ2n) is 12.5. The first kappa shape index (κ1) is 33.7. The monoisotopic (exact) mass is 660 g/mol. The Bertz CT molecular complexity index is 1390. The zero-order chi connectivity index (χ0) is 32.0. The number of hydrogen-bond acceptors (Lipinski definition) is 6. The van der Waals surface area contributed by atoms with E-state index >= 15 is 0 Å². The molecule has 3 unspecified atom stereocenters. The predicted octanol–water partition coefficient (Wildman–Crippen LogP) is 4.56. The highest BCUT2D eigenvalue weighted by Gasteiger charge is 2.42. The number of halogens is 1. The van der Waals surface area contributed by atoms with E-state index < -0.39 is 22.2 Å². The summed E-state index contributed by atoms with van der Waals surface area (Å²) in [4.78, 5) is 28.0. The van der Waals surface area contributed by atoms with Crippen LogP contribution in [-0.2, 0) is 19.6 Å². The highest BCUT2D eigenvalue weighted by molar-refractivity contribution is 7.89. The van der Waals surface area contributed by atoms with E-state index in [-0.39, 0.29) is 35.7 Å². The fraction of sp³-hybridized carbons (Fsp3) is 0.576. The maximum atomic E-state index is 14.2. The lowest BCUT2D eigenvalue weighted by Gasteiger charge is -2.39. The van der Waals surface area contributed by atoms with Gasteiger partial charge < -0.3 is 20.5 Å². The Labute approximate surface area is 271 Å². The fourth-order valence-electron chi connectivity index (χ4n) is 7.45. The Morgan fingerprint density at radius 3 is 2.47 bits per heavy atom. The van der Waals surface area contributed by atoms with E-state index in [0.29, 0.717) is 49.2 Å². The van der Waals surface area contributed by atoms with E-state index in [9.17, 15) is 23.1 Å². The van der Waals surface area contributed by atoms with Crippen molar-refractivity contribution in [1.82, 2.24) is 19.8 Å². The molecule has 2 aromatic rings. The molecule has 3 aliphatic rings. The number of ether oxygens (including phenoxy) is 1. The molecule has 0 aromatic heterocycles. The van der Waals surface area contributed by atoms with Gasteiger partial charge in [0.25, 0.3) is 0 Å². The van der Waals surface area contributed by atoms with Gasteiger partial charge in [0, 0.05) is 62.9 Å². The first-order chi connectivity index (χ1) is 21.7. The number of hydrogen-bond donors (Lipinski definition) is 3. The minimum atomic E-state index is -3.62. The largest absolute Gasteiger partial charge is 0.465 e. The summed E-state index contributed by atoms with van der Waals surface area (Å²) in [5, 5.41) is 17.3. The summed E-state index contributed by atoms with van der Waals surface area (Å²) in [6.07, 6.45) is 4.41. The second kappa shape index (κ2) is 15.3. The number of piperazine rings is 1. The van der Waals surface area contributed by atoms with Crippen molar-refractivity contribution in [2.24, 2.45) is 11.8 Å². The van der Waals surface area contributed by atoms with Crippen molar-refractivity contribution in [3.63, 3.8) is 0 Å². The maximum absolute atomic E-state index is 14.2. The molecule has 2 amide bonds. The lowest BCUT2D eigenvalue weighted by atomic mass is 9.76. The number of carbonyl (C=O) groups excluding carboxylic acids is 1. The molecule has 0 radical (unpaired) electrons. The number of sulfonamides is 1. The van der Waals surface area contributed by atoms with Crippen molar-refractivity contribution in [1.29, 1.82) is 0 Å². The van der Waals surface area contributed by atoms with E-state index in [0.717, 1.165) is 49.0 Å². The minimum Gasteiger partial charge on any atom is -0.465 e. The molecule has 10 nitrogen and oxygen atoms in total. The number of benzene rings is 2. The number of carboxylic acid groups (broad SMARTS) is 1. The van der Waals surface area contributed by atoms with E-state index in [1.165, 1.54) is 7.05 Å². The molecule has 2 aliphatic heterocycles. The van der Waals surface area contributed by atoms with Gasteiger partial charge in [-0.1, -0.05) is 48.4 Å². The number of carbonyl (C=O) groups is 2. The summed E-state index contributed by atoms with van der Waals surface area (Å²) in [5.74, 6) is -0.425. The Kier molecular flexibility index (Phi) is 11.4. The molecule has 5 atom stereocenters. The Morgan fingerprint density at radius 2 is 1.78 bits per heavy atom. The van der Waals surface area contributed by atoms with E-state index in [2.05, 4.69) is 10.6 Å². The topological polar surface area (TPSA) is 128 Å². The van der Waals surface area contributed by atoms with Crippen molar-refractivity contribution >= 4 is 33.6 Å². The highest BCUT2D eigenvalue weighted by Crippen LogP contribution is 2.38. The number of amides is 2. The summed E-state index contributed by atoms with van der Waals surface area (Å²) in [5.41, 5.74) is 0.882. The van der Waals surface area contributed by atoms with Crippen LogP contribution in [0.5, 0.6) is 0 Å². The van der Waals surface area contributed by atoms with Crippen LogP contribution in [0.4, 0.5) is 4.79 Å². The zero-order valence-corrected chi connectivity index (χ0v) is 27.4. The van der Waals surface area contributed by atoms with Crippen LogP contribution in [0.3, 0.4) is 0 Å². The molecule has 2 aromatic carbocycles. The third-order valence-electron chi connectivity index (χ3n) is 9.86. The van der Waals surface area contributed by atoms with Crippen molar-refractivity contribution in [3.8, 4) is 0 Å². The van der Waals surface area contributed by atoms with Gasteiger partial charge in [0.2, 0.25) is 15.9 Å². The molecule has 246 valence electrons. The van der Waals surface area contributed by atoms with Crippen LogP contribution in [0.15, 0.2) is 59.5 Å². The number of rotatable bonds is 11. The molecule has 1 saturated carbocycles. The van der Waals surface area contributed by atoms with Crippen LogP contribution < -0.4 is 10.6 Å². The van der Waals surface area contributed by atoms with Gasteiger partial charge in [-0.15, -0.1) is 0 Å². The number of nitrogens with one attached hydrogen (secondary N) is 2. The second-order valence-corrected chi connectivity index (χ2v) is 14.9. The van der Waals surface area contributed by atoms with Crippen molar-refractivity contribution in [3.05, 3.63) is 65.2 Å². The molecule has 3 N–H and O–H groups in total. The standard InChI is InChI=1S/C33H45ClN4O6S/c1-37(33(40)41)31(30(25-16-20-44-21-17-25)24-10-13-26(34)14-11-24)32(39)36-29-9-5-6-23(29)12-15-27-22-35-18-19-38(27)45(42,43)28-7-3-2-4-8-28/h2-4,7-8,10-11,13-14,23,25,27,29-31,35H,5-6,9,12,15-22H2,1H3,(H,36,39)(H,40,41)/t23?,27?,29?,30-,31-/m0/s1. The Balaban J connectivity index is 1.32. The lowest BCUT2D eigenvalue weighted by Crippen LogP contribution is -2.55. The van der Waals surface area contributed by atoms with Gasteiger partial charge in [-0.3, -0.25) is 9.69 Å². The third kappa shape index (κ3) is 8.00. The molecule has 5 rings (SSSR count). The summed E-state index contributed by atoms with van der Waals surface area (Å²) < 4.78 is 34.2. The number of likely N-dealkylation sites (N-methyl/N-ethyl adjacent to an activating group) is 1. The summed E-state index contributed by atoms with van der Waals surface area (Å²) in [6, 6.07) is 14.7. The van der Waals surface area contributed by atoms with Gasteiger partial charge in [-0.05, 0) is 80.2 Å². The van der Waals surface area contributed by atoms with Gasteiger partial charge in [-0.25, -0.2) is 13.2 Å². The van der Waals surface area contributed by atoms with Crippen LogP contribution in [-0.4, -0.2) is 92.8 Å². The minimum absolute atomic E-state index is 0.0631. The smallest absolute Gasteiger partial charge is 0.407 e. The van der Waals surface area contributed by atoms with Crippen LogP contribution in [0, 0.1) is 11.8 Å². The molecule has 1 aliphatic carbocycles. The molecule has 3 fully saturated rings. The molecular weight excluding hydrogens is 616 g/mol. The van der Waals surface area contributed by atoms with Crippen LogP contribution in [0.2, 0.25) is 5.02 Å². The summed E-state index contributed by atoms with van der Waals surface area (Å²) >= 11 is 6.19. The van der Waals surface area contributed by atoms with Gasteiger partial charge >= 0.3 is 6.09 Å². The van der Waals surface area contributed by atoms with Crippen LogP contribution >= 0.6 is 11.6 Å². The first-order valence-electron chi connectivity index (χ1n) is 16.0. The average Bonchev–Trinajstić information content (AvgIpc) is 3.50. The SMILES string of the molecule is CN(C(=O)O)[C@H](C(=O)NC1CCCC1CCC1CNCCN1S(=O)(=O)c1ccccc1)[C@@H](c1ccc(Cl)cc1)C1CCOCC1. The van der Waals surface area contributed by atoms with E-state index in [1.807, 2.05) is 18.2 Å². The fourth-order valence-corrected chi connectivity index (χ4v) is 9.25. The van der Waals surface area contributed by atoms with Gasteiger partial charge in [-0.2, -0.15) is 4.31 Å². The van der Waals surface area contributed by atoms with Gasteiger partial charge in [0.15, 0.2) is 0 Å². The molecule has 0 bridgehead atoms. The number of nitrogens with zero attached hydrogens (tertiary/aromatic N) is 2. The molecule has 12 heteroatoms. The third-order valence-corrected chi connectivity index (χ3v) is 12.1. The predicted molar refractivity (Wildman–Crippen MR) is 173 cm³/mol. The van der Waals surface area contributed by atoms with Gasteiger partial charge in [0.05, 0.1) is 4.90 Å². The molecule has 2 saturated heterocycles. The quantitative estimate of drug-likeness (QED) is 0.323. The first-order valence-corrected chi connectivity index (χ1v) is 17.9. The Morgan fingerprint density at radius 1 is 1.07 bits per heavy atom. The van der Waals surface area contributed by atoms with Gasteiger partial charge in [0.1, 0.15) is 6.04 Å². The van der Waals surface area contributed by atoms with Crippen LogP contribution in [0.1, 0.15) is 56.4 Å².